The molecular formula is C20H22ClN3O6S. The van der Waals surface area contributed by atoms with Gasteiger partial charge in [-0.1, -0.05) is 11.6 Å². The molecule has 0 saturated carbocycles. The highest BCUT2D eigenvalue weighted by Gasteiger charge is 2.21. The smallest absolute Gasteiger partial charge is 0.273 e. The third kappa shape index (κ3) is 5.95. The standard InChI is InChI=1S/C20H22ClN3O6S/c1-29-18-9-6-14(21)11-17(18)20(26)24-23-19(25)13-4-7-16(8-5-13)31(27,28)22-12-15-3-2-10-30-15/h4-9,11,15,22H,2-3,10,12H2,1H3,(H,23,25)(H,24,26). The van der Waals surface area contributed by atoms with Crippen molar-refractivity contribution in [3.8, 4) is 5.75 Å². The average molecular weight is 468 g/mol. The first-order valence-electron chi connectivity index (χ1n) is 9.46. The molecule has 2 amide bonds. The summed E-state index contributed by atoms with van der Waals surface area (Å²) in [6.07, 6.45) is 1.60. The maximum atomic E-state index is 12.4. The Kier molecular flexibility index (Phi) is 7.50. The summed E-state index contributed by atoms with van der Waals surface area (Å²) in [6, 6.07) is 9.84. The van der Waals surface area contributed by atoms with E-state index in [0.717, 1.165) is 12.8 Å². The quantitative estimate of drug-likeness (QED) is 0.534. The number of rotatable bonds is 7. The van der Waals surface area contributed by atoms with Crippen LogP contribution in [0.15, 0.2) is 47.4 Å². The van der Waals surface area contributed by atoms with Crippen molar-refractivity contribution in [3.63, 3.8) is 0 Å². The molecule has 0 aromatic heterocycles. The molecule has 0 bridgehead atoms. The number of halogens is 1. The Hall–Kier alpha value is -2.66. The van der Waals surface area contributed by atoms with Gasteiger partial charge in [0.05, 0.1) is 23.7 Å². The van der Waals surface area contributed by atoms with Crippen LogP contribution in [0.4, 0.5) is 0 Å². The molecule has 1 aliphatic rings. The molecule has 1 fully saturated rings. The number of amides is 2. The number of benzene rings is 2. The van der Waals surface area contributed by atoms with Crippen LogP contribution in [0.1, 0.15) is 33.6 Å². The number of hydrogen-bond acceptors (Lipinski definition) is 6. The molecular weight excluding hydrogens is 446 g/mol. The van der Waals surface area contributed by atoms with E-state index in [-0.39, 0.29) is 28.7 Å². The Morgan fingerprint density at radius 1 is 1.13 bits per heavy atom. The van der Waals surface area contributed by atoms with E-state index >= 15 is 0 Å². The van der Waals surface area contributed by atoms with Crippen LogP contribution in [0.25, 0.3) is 0 Å². The Bertz CT molecular complexity index is 1050. The second-order valence-corrected chi connectivity index (χ2v) is 8.97. The lowest BCUT2D eigenvalue weighted by Gasteiger charge is -2.12. The molecule has 3 N–H and O–H groups in total. The summed E-state index contributed by atoms with van der Waals surface area (Å²) < 4.78 is 37.8. The number of carbonyl (C=O) groups is 2. The van der Waals surface area contributed by atoms with Gasteiger partial charge in [-0.2, -0.15) is 0 Å². The lowest BCUT2D eigenvalue weighted by molar-refractivity contribution is 0.0845. The van der Waals surface area contributed by atoms with Gasteiger partial charge in [0.25, 0.3) is 11.8 Å². The third-order valence-corrected chi connectivity index (χ3v) is 6.32. The molecule has 9 nitrogen and oxygen atoms in total. The molecule has 2 aromatic carbocycles. The van der Waals surface area contributed by atoms with Gasteiger partial charge in [-0.25, -0.2) is 13.1 Å². The molecule has 0 radical (unpaired) electrons. The van der Waals surface area contributed by atoms with E-state index in [1.165, 1.54) is 43.5 Å². The van der Waals surface area contributed by atoms with Crippen LogP contribution in [-0.4, -0.2) is 46.6 Å². The Labute approximate surface area is 185 Å². The molecule has 0 spiro atoms. The average Bonchev–Trinajstić information content (AvgIpc) is 3.30. The minimum absolute atomic E-state index is 0.0229. The third-order valence-electron chi connectivity index (χ3n) is 4.65. The molecule has 0 aliphatic carbocycles. The molecule has 11 heteroatoms. The van der Waals surface area contributed by atoms with E-state index in [4.69, 9.17) is 21.1 Å². The van der Waals surface area contributed by atoms with Gasteiger partial charge in [0.2, 0.25) is 10.0 Å². The molecule has 2 aromatic rings. The fourth-order valence-corrected chi connectivity index (χ4v) is 4.23. The van der Waals surface area contributed by atoms with Crippen molar-refractivity contribution in [3.05, 3.63) is 58.6 Å². The lowest BCUT2D eigenvalue weighted by atomic mass is 10.2. The van der Waals surface area contributed by atoms with E-state index in [2.05, 4.69) is 15.6 Å². The largest absolute Gasteiger partial charge is 0.496 e. The van der Waals surface area contributed by atoms with Crippen LogP contribution >= 0.6 is 11.6 Å². The zero-order chi connectivity index (χ0) is 22.4. The first kappa shape index (κ1) is 23.0. The van der Waals surface area contributed by atoms with Crippen molar-refractivity contribution in [2.45, 2.75) is 23.8 Å². The van der Waals surface area contributed by atoms with Gasteiger partial charge < -0.3 is 9.47 Å². The Morgan fingerprint density at radius 3 is 2.48 bits per heavy atom. The van der Waals surface area contributed by atoms with Crippen molar-refractivity contribution in [2.75, 3.05) is 20.3 Å². The molecule has 1 atom stereocenters. The second kappa shape index (κ2) is 10.1. The van der Waals surface area contributed by atoms with Crippen molar-refractivity contribution >= 4 is 33.4 Å². The summed E-state index contributed by atoms with van der Waals surface area (Å²) in [4.78, 5) is 24.6. The summed E-state index contributed by atoms with van der Waals surface area (Å²) in [5, 5.41) is 0.335. The monoisotopic (exact) mass is 467 g/mol. The number of carbonyl (C=O) groups excluding carboxylic acids is 2. The SMILES string of the molecule is COc1ccc(Cl)cc1C(=O)NNC(=O)c1ccc(S(=O)(=O)NCC2CCCO2)cc1. The van der Waals surface area contributed by atoms with E-state index in [9.17, 15) is 18.0 Å². The van der Waals surface area contributed by atoms with Gasteiger partial charge in [0.1, 0.15) is 5.75 Å². The molecule has 31 heavy (non-hydrogen) atoms. The number of ether oxygens (including phenoxy) is 2. The van der Waals surface area contributed by atoms with Crippen molar-refractivity contribution in [1.29, 1.82) is 0 Å². The molecule has 1 saturated heterocycles. The maximum absolute atomic E-state index is 12.4. The van der Waals surface area contributed by atoms with E-state index in [0.29, 0.717) is 17.4 Å². The van der Waals surface area contributed by atoms with Crippen LogP contribution in [0.5, 0.6) is 5.75 Å². The molecule has 1 heterocycles. The zero-order valence-corrected chi connectivity index (χ0v) is 18.3. The van der Waals surface area contributed by atoms with Crippen LogP contribution in [0.3, 0.4) is 0 Å². The van der Waals surface area contributed by atoms with Crippen LogP contribution in [0, 0.1) is 0 Å². The summed E-state index contributed by atoms with van der Waals surface area (Å²) in [5.41, 5.74) is 4.85. The number of sulfonamides is 1. The second-order valence-electron chi connectivity index (χ2n) is 6.76. The summed E-state index contributed by atoms with van der Waals surface area (Å²) in [6.45, 7) is 0.834. The number of hydrogen-bond donors (Lipinski definition) is 3. The van der Waals surface area contributed by atoms with Gasteiger partial charge in [0.15, 0.2) is 0 Å². The highest BCUT2D eigenvalue weighted by atomic mass is 35.5. The van der Waals surface area contributed by atoms with Crippen LogP contribution < -0.4 is 20.3 Å². The van der Waals surface area contributed by atoms with Crippen molar-refractivity contribution in [1.82, 2.24) is 15.6 Å². The predicted octanol–water partition coefficient (Wildman–Crippen LogP) is 1.88. The molecule has 166 valence electrons. The highest BCUT2D eigenvalue weighted by molar-refractivity contribution is 7.89. The fraction of sp³-hybridized carbons (Fsp3) is 0.300. The number of nitrogens with one attached hydrogen (secondary N) is 3. The lowest BCUT2D eigenvalue weighted by Crippen LogP contribution is -2.41. The Balaban J connectivity index is 1.58. The summed E-state index contributed by atoms with van der Waals surface area (Å²) in [7, 11) is -2.31. The van der Waals surface area contributed by atoms with Crippen LogP contribution in [-0.2, 0) is 14.8 Å². The van der Waals surface area contributed by atoms with E-state index < -0.39 is 21.8 Å². The molecule has 1 aliphatic heterocycles. The van der Waals surface area contributed by atoms with Crippen LogP contribution in [0.2, 0.25) is 5.02 Å². The van der Waals surface area contributed by atoms with E-state index in [1.54, 1.807) is 6.07 Å². The van der Waals surface area contributed by atoms with Gasteiger partial charge in [-0.3, -0.25) is 20.4 Å². The minimum atomic E-state index is -3.72. The highest BCUT2D eigenvalue weighted by Crippen LogP contribution is 2.22. The molecule has 1 unspecified atom stereocenters. The zero-order valence-electron chi connectivity index (χ0n) is 16.7. The topological polar surface area (TPSA) is 123 Å². The van der Waals surface area contributed by atoms with Gasteiger partial charge in [0, 0.05) is 23.7 Å². The van der Waals surface area contributed by atoms with Crippen molar-refractivity contribution < 1.29 is 27.5 Å². The first-order chi connectivity index (χ1) is 14.8. The van der Waals surface area contributed by atoms with Crippen molar-refractivity contribution in [2.24, 2.45) is 0 Å². The maximum Gasteiger partial charge on any atom is 0.273 e. The van der Waals surface area contributed by atoms with E-state index in [1.807, 2.05) is 0 Å². The normalized spacial score (nSPS) is 16.0. The van der Waals surface area contributed by atoms with Gasteiger partial charge >= 0.3 is 0 Å². The molecule has 3 rings (SSSR count). The predicted molar refractivity (Wildman–Crippen MR) is 114 cm³/mol. The summed E-state index contributed by atoms with van der Waals surface area (Å²) >= 11 is 5.90. The summed E-state index contributed by atoms with van der Waals surface area (Å²) in [5.74, 6) is -0.947. The first-order valence-corrected chi connectivity index (χ1v) is 11.3. The Morgan fingerprint density at radius 2 is 1.84 bits per heavy atom. The van der Waals surface area contributed by atoms with Gasteiger partial charge in [-0.05, 0) is 55.3 Å². The minimum Gasteiger partial charge on any atom is -0.496 e. The number of methoxy groups -OCH3 is 1. The fourth-order valence-electron chi connectivity index (χ4n) is 2.99. The number of hydrazine groups is 1. The van der Waals surface area contributed by atoms with Gasteiger partial charge in [-0.15, -0.1) is 0 Å².